The molecule has 2 fully saturated rings. The van der Waals surface area contributed by atoms with Gasteiger partial charge in [-0.15, -0.1) is 0 Å². The molecule has 0 bridgehead atoms. The van der Waals surface area contributed by atoms with Crippen molar-refractivity contribution in [3.8, 4) is 0 Å². The van der Waals surface area contributed by atoms with Crippen molar-refractivity contribution in [2.75, 3.05) is 31.1 Å². The van der Waals surface area contributed by atoms with E-state index in [1.54, 1.807) is 18.5 Å². The highest BCUT2D eigenvalue weighted by atomic mass is 16.4. The summed E-state index contributed by atoms with van der Waals surface area (Å²) < 4.78 is 0. The van der Waals surface area contributed by atoms with Crippen molar-refractivity contribution < 1.29 is 14.7 Å². The van der Waals surface area contributed by atoms with Gasteiger partial charge in [0.15, 0.2) is 0 Å². The van der Waals surface area contributed by atoms with Gasteiger partial charge in [0.05, 0.1) is 0 Å². The van der Waals surface area contributed by atoms with Crippen LogP contribution in [0.5, 0.6) is 0 Å². The van der Waals surface area contributed by atoms with Crippen LogP contribution >= 0.6 is 0 Å². The van der Waals surface area contributed by atoms with Crippen molar-refractivity contribution in [3.05, 3.63) is 18.5 Å². The summed E-state index contributed by atoms with van der Waals surface area (Å²) in [6.45, 7) is 3.17. The summed E-state index contributed by atoms with van der Waals surface area (Å²) >= 11 is 0. The van der Waals surface area contributed by atoms with Crippen LogP contribution in [-0.4, -0.2) is 58.0 Å². The largest absolute Gasteiger partial charge is 0.481 e. The van der Waals surface area contributed by atoms with E-state index in [4.69, 9.17) is 5.11 Å². The van der Waals surface area contributed by atoms with Crippen LogP contribution in [0.15, 0.2) is 18.5 Å². The molecule has 7 nitrogen and oxygen atoms in total. The third-order valence-electron chi connectivity index (χ3n) is 5.37. The highest BCUT2D eigenvalue weighted by molar-refractivity contribution is 5.79. The second-order valence-electron chi connectivity index (χ2n) is 7.01. The van der Waals surface area contributed by atoms with Gasteiger partial charge in [-0.2, -0.15) is 0 Å². The van der Waals surface area contributed by atoms with Gasteiger partial charge in [0.2, 0.25) is 11.9 Å². The Bertz CT molecular complexity index is 579. The van der Waals surface area contributed by atoms with Crippen molar-refractivity contribution in [1.29, 1.82) is 0 Å². The fourth-order valence-electron chi connectivity index (χ4n) is 3.81. The topological polar surface area (TPSA) is 86.6 Å². The van der Waals surface area contributed by atoms with E-state index in [-0.39, 0.29) is 18.2 Å². The zero-order chi connectivity index (χ0) is 17.6. The summed E-state index contributed by atoms with van der Waals surface area (Å²) in [7, 11) is 0. The fraction of sp³-hybridized carbons (Fsp3) is 0.667. The quantitative estimate of drug-likeness (QED) is 0.875. The Kier molecular flexibility index (Phi) is 5.83. The van der Waals surface area contributed by atoms with E-state index in [1.165, 1.54) is 0 Å². The summed E-state index contributed by atoms with van der Waals surface area (Å²) in [6.07, 6.45) is 7.99. The first-order chi connectivity index (χ1) is 12.1. The molecule has 2 aliphatic heterocycles. The van der Waals surface area contributed by atoms with Crippen LogP contribution in [-0.2, 0) is 9.59 Å². The lowest BCUT2D eigenvalue weighted by molar-refractivity contribution is -0.139. The Morgan fingerprint density at radius 1 is 1.04 bits per heavy atom. The van der Waals surface area contributed by atoms with Crippen LogP contribution in [0.25, 0.3) is 0 Å². The molecule has 0 atom stereocenters. The third-order valence-corrected chi connectivity index (χ3v) is 5.37. The van der Waals surface area contributed by atoms with Crippen molar-refractivity contribution in [2.45, 2.75) is 38.5 Å². The highest BCUT2D eigenvalue weighted by Crippen LogP contribution is 2.26. The van der Waals surface area contributed by atoms with Gasteiger partial charge in [0.25, 0.3) is 0 Å². The van der Waals surface area contributed by atoms with Gasteiger partial charge in [0, 0.05) is 50.9 Å². The van der Waals surface area contributed by atoms with E-state index >= 15 is 0 Å². The molecule has 25 heavy (non-hydrogen) atoms. The Balaban J connectivity index is 1.43. The van der Waals surface area contributed by atoms with Gasteiger partial charge in [-0.05, 0) is 44.1 Å². The smallest absolute Gasteiger partial charge is 0.303 e. The van der Waals surface area contributed by atoms with E-state index in [9.17, 15) is 9.59 Å². The van der Waals surface area contributed by atoms with E-state index in [2.05, 4.69) is 14.9 Å². The van der Waals surface area contributed by atoms with Crippen LogP contribution in [0.3, 0.4) is 0 Å². The molecule has 1 aromatic rings. The van der Waals surface area contributed by atoms with Crippen LogP contribution in [0.4, 0.5) is 5.95 Å². The summed E-state index contributed by atoms with van der Waals surface area (Å²) in [4.78, 5) is 36.1. The molecule has 1 aromatic heterocycles. The molecule has 136 valence electrons. The number of hydrogen-bond acceptors (Lipinski definition) is 5. The number of hydrogen-bond donors (Lipinski definition) is 1. The molecule has 0 saturated carbocycles. The number of carboxylic acid groups (broad SMARTS) is 1. The van der Waals surface area contributed by atoms with Crippen molar-refractivity contribution in [1.82, 2.24) is 14.9 Å². The number of carbonyl (C=O) groups excluding carboxylic acids is 1. The third kappa shape index (κ3) is 4.67. The number of carbonyl (C=O) groups is 2. The second-order valence-corrected chi connectivity index (χ2v) is 7.01. The summed E-state index contributed by atoms with van der Waals surface area (Å²) in [5, 5.41) is 8.78. The Labute approximate surface area is 148 Å². The van der Waals surface area contributed by atoms with Crippen LogP contribution in [0.2, 0.25) is 0 Å². The average molecular weight is 346 g/mol. The normalized spacial score (nSPS) is 19.8. The van der Waals surface area contributed by atoms with Crippen LogP contribution < -0.4 is 4.90 Å². The summed E-state index contributed by atoms with van der Waals surface area (Å²) in [6, 6.07) is 1.81. The van der Waals surface area contributed by atoms with Crippen LogP contribution in [0, 0.1) is 11.8 Å². The molecule has 3 rings (SSSR count). The SMILES string of the molecule is O=C(O)CCC1CCN(C(=O)C2CCN(c3ncccn3)CC2)CC1. The van der Waals surface area contributed by atoms with Gasteiger partial charge in [-0.3, -0.25) is 9.59 Å². The van der Waals surface area contributed by atoms with Gasteiger partial charge in [-0.1, -0.05) is 0 Å². The minimum atomic E-state index is -0.729. The van der Waals surface area contributed by atoms with E-state index < -0.39 is 5.97 Å². The molecule has 0 radical (unpaired) electrons. The maximum atomic E-state index is 12.8. The minimum Gasteiger partial charge on any atom is -0.481 e. The minimum absolute atomic E-state index is 0.0931. The number of aliphatic carboxylic acids is 1. The number of anilines is 1. The number of nitrogens with zero attached hydrogens (tertiary/aromatic N) is 4. The predicted molar refractivity (Wildman–Crippen MR) is 93.1 cm³/mol. The second kappa shape index (κ2) is 8.27. The standard InChI is InChI=1S/C18H26N4O3/c23-16(24)3-2-14-4-10-21(11-5-14)17(25)15-6-12-22(13-7-15)18-19-8-1-9-20-18/h1,8-9,14-15H,2-7,10-13H2,(H,23,24). The average Bonchev–Trinajstić information content (AvgIpc) is 2.67. The first-order valence-corrected chi connectivity index (χ1v) is 9.16. The van der Waals surface area contributed by atoms with Gasteiger partial charge in [-0.25, -0.2) is 9.97 Å². The zero-order valence-corrected chi connectivity index (χ0v) is 14.5. The number of carboxylic acids is 1. The highest BCUT2D eigenvalue weighted by Gasteiger charge is 2.31. The monoisotopic (exact) mass is 346 g/mol. The van der Waals surface area contributed by atoms with E-state index in [1.807, 2.05) is 4.90 Å². The maximum Gasteiger partial charge on any atom is 0.303 e. The van der Waals surface area contributed by atoms with Gasteiger partial charge < -0.3 is 14.9 Å². The lowest BCUT2D eigenvalue weighted by Gasteiger charge is -2.37. The van der Waals surface area contributed by atoms with Crippen molar-refractivity contribution in [3.63, 3.8) is 0 Å². The predicted octanol–water partition coefficient (Wildman–Crippen LogP) is 1.80. The summed E-state index contributed by atoms with van der Waals surface area (Å²) in [5.41, 5.74) is 0. The van der Waals surface area contributed by atoms with Gasteiger partial charge >= 0.3 is 5.97 Å². The summed E-state index contributed by atoms with van der Waals surface area (Å²) in [5.74, 6) is 0.818. The van der Waals surface area contributed by atoms with E-state index in [0.29, 0.717) is 5.92 Å². The number of rotatable bonds is 5. The number of amides is 1. The molecule has 0 spiro atoms. The zero-order valence-electron chi connectivity index (χ0n) is 14.5. The molecule has 7 heteroatoms. The molecule has 0 aliphatic carbocycles. The fourth-order valence-corrected chi connectivity index (χ4v) is 3.81. The first kappa shape index (κ1) is 17.6. The molecule has 3 heterocycles. The molecule has 2 aliphatic rings. The maximum absolute atomic E-state index is 12.8. The number of aromatic nitrogens is 2. The molecular formula is C18H26N4O3. The van der Waals surface area contributed by atoms with Crippen molar-refractivity contribution in [2.24, 2.45) is 11.8 Å². The van der Waals surface area contributed by atoms with Gasteiger partial charge in [0.1, 0.15) is 0 Å². The molecule has 0 unspecified atom stereocenters. The number of likely N-dealkylation sites (tertiary alicyclic amines) is 1. The Morgan fingerprint density at radius 2 is 1.68 bits per heavy atom. The first-order valence-electron chi connectivity index (χ1n) is 9.16. The lowest BCUT2D eigenvalue weighted by Crippen LogP contribution is -2.45. The molecule has 1 N–H and O–H groups in total. The molecule has 2 saturated heterocycles. The van der Waals surface area contributed by atoms with Crippen LogP contribution in [0.1, 0.15) is 38.5 Å². The molecular weight excluding hydrogens is 320 g/mol. The Morgan fingerprint density at radius 3 is 2.28 bits per heavy atom. The number of piperidine rings is 2. The lowest BCUT2D eigenvalue weighted by atomic mass is 9.90. The van der Waals surface area contributed by atoms with E-state index in [0.717, 1.165) is 64.2 Å². The molecule has 1 amide bonds. The Hall–Kier alpha value is -2.18. The molecule has 0 aromatic carbocycles. The van der Waals surface area contributed by atoms with Crippen molar-refractivity contribution >= 4 is 17.8 Å².